The van der Waals surface area contributed by atoms with Crippen molar-refractivity contribution in [2.45, 2.75) is 66.4 Å². The molecule has 0 fully saturated rings. The first-order valence-electron chi connectivity index (χ1n) is 15.6. The van der Waals surface area contributed by atoms with E-state index in [9.17, 15) is 8.78 Å². The molecule has 0 atom stereocenters. The lowest BCUT2D eigenvalue weighted by Crippen LogP contribution is -2.24. The van der Waals surface area contributed by atoms with Crippen molar-refractivity contribution in [3.63, 3.8) is 0 Å². The third-order valence-electron chi connectivity index (χ3n) is 7.71. The number of aromatic nitrogens is 2. The Morgan fingerprint density at radius 2 is 1.49 bits per heavy atom. The van der Waals surface area contributed by atoms with Gasteiger partial charge in [-0.3, -0.25) is 4.90 Å². The zero-order chi connectivity index (χ0) is 31.6. The van der Waals surface area contributed by atoms with Crippen LogP contribution in [0.3, 0.4) is 0 Å². The van der Waals surface area contributed by atoms with Gasteiger partial charge < -0.3 is 14.0 Å². The van der Waals surface area contributed by atoms with Crippen LogP contribution < -0.4 is 9.47 Å². The highest BCUT2D eigenvalue weighted by molar-refractivity contribution is 5.68. The number of halogens is 2. The number of hydrogen-bond acceptors (Lipinski definition) is 4. The van der Waals surface area contributed by atoms with Crippen molar-refractivity contribution in [2.24, 2.45) is 0 Å². The first-order valence-corrected chi connectivity index (χ1v) is 15.6. The van der Waals surface area contributed by atoms with E-state index in [-0.39, 0.29) is 5.75 Å². The maximum Gasteiger partial charge on any atom is 0.387 e. The fraction of sp³-hybridized carbons (Fsp3) is 0.289. The zero-order valence-electron chi connectivity index (χ0n) is 26.3. The smallest absolute Gasteiger partial charge is 0.387 e. The van der Waals surface area contributed by atoms with Gasteiger partial charge in [-0.2, -0.15) is 8.78 Å². The van der Waals surface area contributed by atoms with E-state index >= 15 is 0 Å². The predicted molar refractivity (Wildman–Crippen MR) is 176 cm³/mol. The summed E-state index contributed by atoms with van der Waals surface area (Å²) in [5.74, 6) is 1.95. The SMILES string of the molecule is CCCCn1c(-c2ccccc2)nc(-c2ccc(C)cc2)c1CN(Cc1ccc(OC(F)F)cc1)Cc1cccc(OCC)c1. The number of alkyl halides is 2. The topological polar surface area (TPSA) is 39.5 Å². The second-order valence-electron chi connectivity index (χ2n) is 11.2. The minimum atomic E-state index is -2.85. The van der Waals surface area contributed by atoms with Crippen LogP contribution in [-0.2, 0) is 26.2 Å². The van der Waals surface area contributed by atoms with Crippen molar-refractivity contribution in [3.05, 3.63) is 126 Å². The van der Waals surface area contributed by atoms with Crippen molar-refractivity contribution >= 4 is 0 Å². The third kappa shape index (κ3) is 8.58. The molecule has 0 radical (unpaired) electrons. The summed E-state index contributed by atoms with van der Waals surface area (Å²) < 4.78 is 38.4. The van der Waals surface area contributed by atoms with Crippen molar-refractivity contribution in [2.75, 3.05) is 6.61 Å². The molecule has 0 saturated heterocycles. The van der Waals surface area contributed by atoms with Gasteiger partial charge in [-0.25, -0.2) is 4.98 Å². The number of ether oxygens (including phenoxy) is 2. The highest BCUT2D eigenvalue weighted by Crippen LogP contribution is 2.32. The Kier molecular flexibility index (Phi) is 11.0. The van der Waals surface area contributed by atoms with E-state index in [0.29, 0.717) is 26.2 Å². The van der Waals surface area contributed by atoms with Gasteiger partial charge in [0.2, 0.25) is 0 Å². The van der Waals surface area contributed by atoms with Crippen LogP contribution >= 0.6 is 0 Å². The maximum absolute atomic E-state index is 12.8. The molecule has 0 saturated carbocycles. The molecule has 0 unspecified atom stereocenters. The van der Waals surface area contributed by atoms with Gasteiger partial charge in [0, 0.05) is 37.3 Å². The fourth-order valence-electron chi connectivity index (χ4n) is 5.53. The second-order valence-corrected chi connectivity index (χ2v) is 11.2. The normalized spacial score (nSPS) is 11.4. The van der Waals surface area contributed by atoms with E-state index in [4.69, 9.17) is 9.72 Å². The van der Waals surface area contributed by atoms with E-state index in [0.717, 1.165) is 64.6 Å². The molecule has 4 aromatic carbocycles. The van der Waals surface area contributed by atoms with E-state index in [1.54, 1.807) is 12.1 Å². The summed E-state index contributed by atoms with van der Waals surface area (Å²) in [5.41, 5.74) is 7.59. The van der Waals surface area contributed by atoms with E-state index in [1.165, 1.54) is 5.56 Å². The molecule has 0 aliphatic heterocycles. The van der Waals surface area contributed by atoms with Crippen LogP contribution in [0.5, 0.6) is 11.5 Å². The van der Waals surface area contributed by atoms with E-state index < -0.39 is 6.61 Å². The summed E-state index contributed by atoms with van der Waals surface area (Å²) >= 11 is 0. The minimum absolute atomic E-state index is 0.150. The quantitative estimate of drug-likeness (QED) is 0.119. The van der Waals surface area contributed by atoms with Crippen LogP contribution in [0.2, 0.25) is 0 Å². The lowest BCUT2D eigenvalue weighted by molar-refractivity contribution is -0.0498. The van der Waals surface area contributed by atoms with Crippen molar-refractivity contribution in [1.82, 2.24) is 14.5 Å². The summed E-state index contributed by atoms with van der Waals surface area (Å²) in [6.07, 6.45) is 2.09. The number of unbranched alkanes of at least 4 members (excludes halogenated alkanes) is 1. The predicted octanol–water partition coefficient (Wildman–Crippen LogP) is 9.53. The number of nitrogens with zero attached hydrogens (tertiary/aromatic N) is 3. The Bertz CT molecular complexity index is 1630. The van der Waals surface area contributed by atoms with E-state index in [2.05, 4.69) is 88.7 Å². The molecular formula is C38H41F2N3O2. The molecular weight excluding hydrogens is 568 g/mol. The van der Waals surface area contributed by atoms with Gasteiger partial charge in [0.25, 0.3) is 0 Å². The van der Waals surface area contributed by atoms with Crippen LogP contribution in [-0.4, -0.2) is 27.7 Å². The van der Waals surface area contributed by atoms with Crippen LogP contribution in [0.4, 0.5) is 8.78 Å². The Labute approximate surface area is 265 Å². The molecule has 45 heavy (non-hydrogen) atoms. The average Bonchev–Trinajstić information content (AvgIpc) is 3.39. The van der Waals surface area contributed by atoms with Gasteiger partial charge in [-0.15, -0.1) is 0 Å². The summed E-state index contributed by atoms with van der Waals surface area (Å²) in [6, 6.07) is 34.0. The highest BCUT2D eigenvalue weighted by atomic mass is 19.3. The van der Waals surface area contributed by atoms with Crippen LogP contribution in [0, 0.1) is 6.92 Å². The summed E-state index contributed by atoms with van der Waals surface area (Å²) in [5, 5.41) is 0. The van der Waals surface area contributed by atoms with Crippen LogP contribution in [0.25, 0.3) is 22.6 Å². The first-order chi connectivity index (χ1) is 21.9. The van der Waals surface area contributed by atoms with Gasteiger partial charge in [-0.1, -0.05) is 97.8 Å². The molecule has 5 rings (SSSR count). The lowest BCUT2D eigenvalue weighted by Gasteiger charge is -2.25. The van der Waals surface area contributed by atoms with Crippen molar-refractivity contribution in [3.8, 4) is 34.1 Å². The standard InChI is InChI=1S/C38H41F2N3O2/c1-4-6-23-43-35(36(31-19-15-28(3)16-20-31)41-37(43)32-12-8-7-9-13-32)27-42(26-30-11-10-14-34(24-30)44-5-2)25-29-17-21-33(22-18-29)45-38(39)40/h7-22,24,38H,4-6,23,25-27H2,1-3H3. The lowest BCUT2D eigenvalue weighted by atomic mass is 10.1. The van der Waals surface area contributed by atoms with Gasteiger partial charge in [0.1, 0.15) is 17.3 Å². The number of benzene rings is 4. The minimum Gasteiger partial charge on any atom is -0.494 e. The molecule has 234 valence electrons. The second kappa shape index (κ2) is 15.5. The van der Waals surface area contributed by atoms with Crippen molar-refractivity contribution in [1.29, 1.82) is 0 Å². The summed E-state index contributed by atoms with van der Waals surface area (Å²) in [7, 11) is 0. The fourth-order valence-corrected chi connectivity index (χ4v) is 5.53. The zero-order valence-corrected chi connectivity index (χ0v) is 26.3. The largest absolute Gasteiger partial charge is 0.494 e. The molecule has 0 N–H and O–H groups in total. The Balaban J connectivity index is 1.58. The molecule has 0 aliphatic carbocycles. The highest BCUT2D eigenvalue weighted by Gasteiger charge is 2.22. The Hall–Kier alpha value is -4.49. The van der Waals surface area contributed by atoms with Gasteiger partial charge in [-0.05, 0) is 55.7 Å². The number of rotatable bonds is 15. The van der Waals surface area contributed by atoms with Gasteiger partial charge in [0.15, 0.2) is 0 Å². The maximum atomic E-state index is 12.8. The molecule has 0 bridgehead atoms. The average molecular weight is 610 g/mol. The monoisotopic (exact) mass is 609 g/mol. The summed E-state index contributed by atoms with van der Waals surface area (Å²) in [4.78, 5) is 7.68. The van der Waals surface area contributed by atoms with E-state index in [1.807, 2.05) is 37.3 Å². The van der Waals surface area contributed by atoms with Crippen molar-refractivity contribution < 1.29 is 18.3 Å². The Morgan fingerprint density at radius 3 is 2.18 bits per heavy atom. The molecule has 1 aromatic heterocycles. The number of imidazole rings is 1. The third-order valence-corrected chi connectivity index (χ3v) is 7.71. The summed E-state index contributed by atoms with van der Waals surface area (Å²) in [6.45, 7) is 6.75. The molecule has 1 heterocycles. The van der Waals surface area contributed by atoms with Crippen LogP contribution in [0.15, 0.2) is 103 Å². The number of aryl methyl sites for hydroxylation is 1. The molecule has 0 amide bonds. The van der Waals surface area contributed by atoms with Gasteiger partial charge >= 0.3 is 6.61 Å². The number of hydrogen-bond donors (Lipinski definition) is 0. The molecule has 7 heteroatoms. The first kappa shape index (κ1) is 31.9. The molecule has 5 aromatic rings. The molecule has 0 aliphatic rings. The van der Waals surface area contributed by atoms with Crippen LogP contribution in [0.1, 0.15) is 49.1 Å². The Morgan fingerprint density at radius 1 is 0.756 bits per heavy atom. The molecule has 0 spiro atoms. The van der Waals surface area contributed by atoms with Gasteiger partial charge in [0.05, 0.1) is 18.0 Å². The molecule has 5 nitrogen and oxygen atoms in total.